The van der Waals surface area contributed by atoms with Gasteiger partial charge in [0.05, 0.1) is 22.0 Å². The van der Waals surface area contributed by atoms with E-state index in [2.05, 4.69) is 10.2 Å². The summed E-state index contributed by atoms with van der Waals surface area (Å²) in [6.45, 7) is 0. The molecule has 0 saturated heterocycles. The molecular weight excluding hydrogens is 287 g/mol. The molecule has 0 aliphatic carbocycles. The van der Waals surface area contributed by atoms with Crippen LogP contribution in [0.25, 0.3) is 0 Å². The van der Waals surface area contributed by atoms with Crippen LogP contribution in [0.3, 0.4) is 0 Å². The predicted molar refractivity (Wildman–Crippen MR) is 74.0 cm³/mol. The molecule has 96 valence electrons. The van der Waals surface area contributed by atoms with Crippen LogP contribution < -0.4 is 0 Å². The summed E-state index contributed by atoms with van der Waals surface area (Å²) < 4.78 is 0. The van der Waals surface area contributed by atoms with Gasteiger partial charge < -0.3 is 5.11 Å². The molecule has 2 rings (SSSR count). The zero-order valence-corrected chi connectivity index (χ0v) is 11.1. The Balaban J connectivity index is 2.24. The van der Waals surface area contributed by atoms with Gasteiger partial charge >= 0.3 is 5.97 Å². The zero-order valence-electron chi connectivity index (χ0n) is 9.55. The van der Waals surface area contributed by atoms with Crippen LogP contribution in [0.4, 0.5) is 11.4 Å². The van der Waals surface area contributed by atoms with Gasteiger partial charge in [0.15, 0.2) is 0 Å². The molecule has 0 radical (unpaired) electrons. The van der Waals surface area contributed by atoms with Crippen molar-refractivity contribution in [3.8, 4) is 0 Å². The van der Waals surface area contributed by atoms with Crippen LogP contribution in [-0.4, -0.2) is 11.1 Å². The van der Waals surface area contributed by atoms with Gasteiger partial charge in [-0.1, -0.05) is 29.3 Å². The summed E-state index contributed by atoms with van der Waals surface area (Å²) in [4.78, 5) is 10.8. The van der Waals surface area contributed by atoms with Crippen molar-refractivity contribution in [1.82, 2.24) is 0 Å². The van der Waals surface area contributed by atoms with Crippen molar-refractivity contribution in [3.05, 3.63) is 58.1 Å². The second-order valence-electron chi connectivity index (χ2n) is 3.65. The van der Waals surface area contributed by atoms with Crippen molar-refractivity contribution in [2.75, 3.05) is 0 Å². The Kier molecular flexibility index (Phi) is 4.14. The highest BCUT2D eigenvalue weighted by atomic mass is 35.5. The molecule has 6 heteroatoms. The highest BCUT2D eigenvalue weighted by Crippen LogP contribution is 2.25. The molecule has 0 amide bonds. The van der Waals surface area contributed by atoms with Crippen molar-refractivity contribution in [1.29, 1.82) is 0 Å². The monoisotopic (exact) mass is 294 g/mol. The highest BCUT2D eigenvalue weighted by molar-refractivity contribution is 6.33. The summed E-state index contributed by atoms with van der Waals surface area (Å²) in [6, 6.07) is 11.3. The number of nitrogens with zero attached hydrogens (tertiary/aromatic N) is 2. The number of hydrogen-bond acceptors (Lipinski definition) is 3. The zero-order chi connectivity index (χ0) is 13.8. The summed E-state index contributed by atoms with van der Waals surface area (Å²) in [5, 5.41) is 17.5. The maximum atomic E-state index is 10.8. The Morgan fingerprint density at radius 3 is 2.26 bits per heavy atom. The summed E-state index contributed by atoms with van der Waals surface area (Å²) in [7, 11) is 0. The molecule has 0 bridgehead atoms. The van der Waals surface area contributed by atoms with Gasteiger partial charge in [0.1, 0.15) is 0 Å². The SMILES string of the molecule is O=C(O)c1ccc(N=Nc2cccc(Cl)c2)cc1Cl. The molecule has 0 spiro atoms. The van der Waals surface area contributed by atoms with E-state index in [-0.39, 0.29) is 10.6 Å². The van der Waals surface area contributed by atoms with Crippen molar-refractivity contribution in [3.63, 3.8) is 0 Å². The summed E-state index contributed by atoms with van der Waals surface area (Å²) in [5.74, 6) is -1.08. The van der Waals surface area contributed by atoms with Gasteiger partial charge in [-0.2, -0.15) is 10.2 Å². The number of carbonyl (C=O) groups is 1. The molecule has 0 fully saturated rings. The summed E-state index contributed by atoms with van der Waals surface area (Å²) >= 11 is 11.6. The van der Waals surface area contributed by atoms with Gasteiger partial charge in [-0.15, -0.1) is 0 Å². The molecule has 2 aromatic rings. The van der Waals surface area contributed by atoms with E-state index in [9.17, 15) is 4.79 Å². The molecule has 0 unspecified atom stereocenters. The fraction of sp³-hybridized carbons (Fsp3) is 0. The lowest BCUT2D eigenvalue weighted by molar-refractivity contribution is 0.0697. The number of carboxylic acids is 1. The van der Waals surface area contributed by atoms with Crippen LogP contribution in [0.5, 0.6) is 0 Å². The molecule has 0 atom stereocenters. The van der Waals surface area contributed by atoms with Gasteiger partial charge in [-0.05, 0) is 36.4 Å². The molecule has 2 aromatic carbocycles. The maximum absolute atomic E-state index is 10.8. The first-order valence-electron chi connectivity index (χ1n) is 5.26. The smallest absolute Gasteiger partial charge is 0.337 e. The molecule has 0 aromatic heterocycles. The molecule has 0 aliphatic heterocycles. The first-order chi connectivity index (χ1) is 9.06. The number of hydrogen-bond donors (Lipinski definition) is 1. The maximum Gasteiger partial charge on any atom is 0.337 e. The topological polar surface area (TPSA) is 62.0 Å². The molecular formula is C13H8Cl2N2O2. The lowest BCUT2D eigenvalue weighted by Gasteiger charge is -1.99. The molecule has 19 heavy (non-hydrogen) atoms. The van der Waals surface area contributed by atoms with Gasteiger partial charge in [0, 0.05) is 5.02 Å². The minimum Gasteiger partial charge on any atom is -0.478 e. The Morgan fingerprint density at radius 2 is 1.68 bits per heavy atom. The number of halogens is 2. The van der Waals surface area contributed by atoms with Crippen LogP contribution >= 0.6 is 23.2 Å². The van der Waals surface area contributed by atoms with Gasteiger partial charge in [-0.25, -0.2) is 4.79 Å². The number of benzene rings is 2. The summed E-state index contributed by atoms with van der Waals surface area (Å²) in [6.07, 6.45) is 0. The van der Waals surface area contributed by atoms with E-state index >= 15 is 0 Å². The van der Waals surface area contributed by atoms with E-state index in [0.29, 0.717) is 16.4 Å². The van der Waals surface area contributed by atoms with E-state index in [1.807, 2.05) is 0 Å². The van der Waals surface area contributed by atoms with Gasteiger partial charge in [-0.3, -0.25) is 0 Å². The van der Waals surface area contributed by atoms with Crippen LogP contribution in [0.2, 0.25) is 10.0 Å². The van der Waals surface area contributed by atoms with E-state index < -0.39 is 5.97 Å². The summed E-state index contributed by atoms with van der Waals surface area (Å²) in [5.41, 5.74) is 1.10. The Bertz CT molecular complexity index is 657. The number of aromatic carboxylic acids is 1. The van der Waals surface area contributed by atoms with Crippen LogP contribution in [-0.2, 0) is 0 Å². The Labute approximate surface area is 119 Å². The van der Waals surface area contributed by atoms with E-state index in [4.69, 9.17) is 28.3 Å². The van der Waals surface area contributed by atoms with E-state index in [0.717, 1.165) is 0 Å². The first kappa shape index (κ1) is 13.5. The minimum absolute atomic E-state index is 0.0309. The van der Waals surface area contributed by atoms with Crippen LogP contribution in [0, 0.1) is 0 Å². The lowest BCUT2D eigenvalue weighted by atomic mass is 10.2. The quantitative estimate of drug-likeness (QED) is 0.800. The van der Waals surface area contributed by atoms with Crippen LogP contribution in [0.1, 0.15) is 10.4 Å². The highest BCUT2D eigenvalue weighted by Gasteiger charge is 2.08. The average Bonchev–Trinajstić information content (AvgIpc) is 2.36. The molecule has 0 heterocycles. The Hall–Kier alpha value is -1.91. The fourth-order valence-corrected chi connectivity index (χ4v) is 1.83. The van der Waals surface area contributed by atoms with Crippen molar-refractivity contribution < 1.29 is 9.90 Å². The first-order valence-corrected chi connectivity index (χ1v) is 6.02. The van der Waals surface area contributed by atoms with Crippen molar-refractivity contribution >= 4 is 40.5 Å². The van der Waals surface area contributed by atoms with Gasteiger partial charge in [0.25, 0.3) is 0 Å². The second kappa shape index (κ2) is 5.82. The molecule has 4 nitrogen and oxygen atoms in total. The minimum atomic E-state index is -1.08. The average molecular weight is 295 g/mol. The number of carboxylic acid groups (broad SMARTS) is 1. The molecule has 1 N–H and O–H groups in total. The third-order valence-corrected chi connectivity index (χ3v) is 2.82. The fourth-order valence-electron chi connectivity index (χ4n) is 1.39. The molecule has 0 aliphatic rings. The lowest BCUT2D eigenvalue weighted by Crippen LogP contribution is -1.96. The van der Waals surface area contributed by atoms with Crippen LogP contribution in [0.15, 0.2) is 52.7 Å². The predicted octanol–water partition coefficient (Wildman–Crippen LogP) is 5.11. The van der Waals surface area contributed by atoms with E-state index in [1.54, 1.807) is 24.3 Å². The standard InChI is InChI=1S/C13H8Cl2N2O2/c14-8-2-1-3-9(6-8)16-17-10-4-5-11(13(18)19)12(15)7-10/h1-7H,(H,18,19). The number of rotatable bonds is 3. The largest absolute Gasteiger partial charge is 0.478 e. The Morgan fingerprint density at radius 1 is 1.00 bits per heavy atom. The second-order valence-corrected chi connectivity index (χ2v) is 4.49. The normalized spacial score (nSPS) is 10.8. The van der Waals surface area contributed by atoms with Crippen molar-refractivity contribution in [2.45, 2.75) is 0 Å². The molecule has 0 saturated carbocycles. The van der Waals surface area contributed by atoms with Crippen molar-refractivity contribution in [2.24, 2.45) is 10.2 Å². The number of azo groups is 1. The van der Waals surface area contributed by atoms with Gasteiger partial charge in [0.2, 0.25) is 0 Å². The third kappa shape index (κ3) is 3.53. The third-order valence-electron chi connectivity index (χ3n) is 2.27. The van der Waals surface area contributed by atoms with E-state index in [1.165, 1.54) is 18.2 Å².